The summed E-state index contributed by atoms with van der Waals surface area (Å²) in [5, 5.41) is 3.03. The van der Waals surface area contributed by atoms with Gasteiger partial charge < -0.3 is 28.5 Å². The molecular formula is C64H121N2O7P. The van der Waals surface area contributed by atoms with E-state index in [1.807, 2.05) is 33.3 Å². The fourth-order valence-electron chi connectivity index (χ4n) is 9.10. The summed E-state index contributed by atoms with van der Waals surface area (Å²) in [5.74, 6) is -0.547. The standard InChI is InChI=1S/C64H121N2O7P/c1-7-10-13-16-19-22-25-28-30-31-32-33-34-35-37-38-41-44-47-50-53-56-63(67)65-61(60-72-74(69,70)71-59-58-66(4,5)6)62(55-52-49-46-43-40-27-24-21-18-15-12-9-3)73-64(68)57-54-51-48-45-42-39-36-29-26-23-20-17-14-11-8-2/h20,23,26,28-30,52,55,61-62H,7-19,21-22,24-25,27,31-51,53-54,56-60H2,1-6H3,(H-,65,67,69,70)/b23-20+,29-26+,30-28+,55-52-. The molecule has 0 fully saturated rings. The van der Waals surface area contributed by atoms with Gasteiger partial charge in [0.25, 0.3) is 7.82 Å². The fourth-order valence-corrected chi connectivity index (χ4v) is 9.82. The van der Waals surface area contributed by atoms with Gasteiger partial charge in [-0.3, -0.25) is 14.2 Å². The Hall–Kier alpha value is -2.03. The van der Waals surface area contributed by atoms with Crippen LogP contribution in [0.25, 0.3) is 0 Å². The van der Waals surface area contributed by atoms with Crippen molar-refractivity contribution in [1.82, 2.24) is 5.32 Å². The number of hydrogen-bond donors (Lipinski definition) is 1. The van der Waals surface area contributed by atoms with E-state index in [1.165, 1.54) is 186 Å². The highest BCUT2D eigenvalue weighted by molar-refractivity contribution is 7.45. The maximum atomic E-state index is 13.5. The maximum Gasteiger partial charge on any atom is 0.306 e. The largest absolute Gasteiger partial charge is 0.756 e. The van der Waals surface area contributed by atoms with Crippen molar-refractivity contribution in [3.63, 3.8) is 0 Å². The van der Waals surface area contributed by atoms with Gasteiger partial charge >= 0.3 is 5.97 Å². The maximum absolute atomic E-state index is 13.5. The molecule has 0 saturated heterocycles. The van der Waals surface area contributed by atoms with Crippen LogP contribution in [0.15, 0.2) is 48.6 Å². The number of ether oxygens (including phenoxy) is 1. The molecule has 0 aromatic carbocycles. The number of phosphoric ester groups is 1. The third-order valence-electron chi connectivity index (χ3n) is 14.0. The Morgan fingerprint density at radius 3 is 1.26 bits per heavy atom. The average Bonchev–Trinajstić information content (AvgIpc) is 3.36. The van der Waals surface area contributed by atoms with E-state index in [0.717, 1.165) is 77.0 Å². The highest BCUT2D eigenvalue weighted by Crippen LogP contribution is 2.38. The van der Waals surface area contributed by atoms with Gasteiger partial charge in [0, 0.05) is 12.8 Å². The number of unbranched alkanes of at least 4 members (excludes halogenated alkanes) is 36. The molecule has 9 nitrogen and oxygen atoms in total. The smallest absolute Gasteiger partial charge is 0.306 e. The number of quaternary nitrogens is 1. The zero-order valence-electron chi connectivity index (χ0n) is 49.6. The van der Waals surface area contributed by atoms with E-state index in [9.17, 15) is 19.0 Å². The van der Waals surface area contributed by atoms with Gasteiger partial charge in [-0.1, -0.05) is 250 Å². The van der Waals surface area contributed by atoms with E-state index in [2.05, 4.69) is 62.5 Å². The first-order valence-corrected chi connectivity index (χ1v) is 32.9. The Bertz CT molecular complexity index is 1410. The number of allylic oxidation sites excluding steroid dienone is 7. The average molecular weight is 1060 g/mol. The summed E-state index contributed by atoms with van der Waals surface area (Å²) in [4.78, 5) is 40.0. The lowest BCUT2D eigenvalue weighted by Gasteiger charge is -2.30. The number of likely N-dealkylation sites (N-methyl/N-ethyl adjacent to an activating group) is 1. The van der Waals surface area contributed by atoms with Crippen LogP contribution in [0.5, 0.6) is 0 Å². The minimum atomic E-state index is -4.70. The topological polar surface area (TPSA) is 114 Å². The lowest BCUT2D eigenvalue weighted by Crippen LogP contribution is -2.47. The second-order valence-corrected chi connectivity index (χ2v) is 24.0. The first kappa shape index (κ1) is 72.0. The summed E-state index contributed by atoms with van der Waals surface area (Å²) in [5.41, 5.74) is 0. The predicted molar refractivity (Wildman–Crippen MR) is 316 cm³/mol. The van der Waals surface area contributed by atoms with Gasteiger partial charge in [-0.25, -0.2) is 0 Å². The minimum absolute atomic E-state index is 0.0239. The van der Waals surface area contributed by atoms with Crippen LogP contribution in [0.1, 0.15) is 297 Å². The molecule has 0 saturated carbocycles. The molecule has 1 amide bonds. The molecule has 3 unspecified atom stereocenters. The highest BCUT2D eigenvalue weighted by atomic mass is 31.2. The van der Waals surface area contributed by atoms with E-state index < -0.39 is 26.6 Å². The van der Waals surface area contributed by atoms with E-state index in [0.29, 0.717) is 17.4 Å². The van der Waals surface area contributed by atoms with Crippen molar-refractivity contribution in [2.45, 2.75) is 309 Å². The third-order valence-corrected chi connectivity index (χ3v) is 15.0. The Kier molecular flexibility index (Phi) is 52.8. The number of phosphoric acid groups is 1. The molecule has 0 aliphatic carbocycles. The highest BCUT2D eigenvalue weighted by Gasteiger charge is 2.27. The van der Waals surface area contributed by atoms with Crippen LogP contribution in [0.2, 0.25) is 0 Å². The van der Waals surface area contributed by atoms with Crippen LogP contribution in [-0.4, -0.2) is 69.4 Å². The van der Waals surface area contributed by atoms with Crippen molar-refractivity contribution in [2.75, 3.05) is 40.9 Å². The normalized spacial score (nSPS) is 14.0. The Morgan fingerprint density at radius 2 is 0.824 bits per heavy atom. The van der Waals surface area contributed by atoms with Gasteiger partial charge in [0.15, 0.2) is 0 Å². The molecule has 3 atom stereocenters. The molecular weight excluding hydrogens is 940 g/mol. The van der Waals surface area contributed by atoms with Gasteiger partial charge in [0.2, 0.25) is 5.91 Å². The minimum Gasteiger partial charge on any atom is -0.756 e. The Balaban J connectivity index is 5.21. The predicted octanol–water partition coefficient (Wildman–Crippen LogP) is 18.6. The number of rotatable bonds is 57. The Labute approximate surface area is 458 Å². The van der Waals surface area contributed by atoms with Crippen molar-refractivity contribution in [2.24, 2.45) is 0 Å². The summed E-state index contributed by atoms with van der Waals surface area (Å²) < 4.78 is 30.3. The van der Waals surface area contributed by atoms with Crippen LogP contribution in [0, 0.1) is 0 Å². The number of hydrogen-bond acceptors (Lipinski definition) is 7. The van der Waals surface area contributed by atoms with Crippen LogP contribution in [0.4, 0.5) is 0 Å². The number of carbonyl (C=O) groups excluding carboxylic acids is 2. The zero-order chi connectivity index (χ0) is 54.3. The fraction of sp³-hybridized carbons (Fsp3) is 0.844. The second-order valence-electron chi connectivity index (χ2n) is 22.6. The third kappa shape index (κ3) is 54.7. The molecule has 434 valence electrons. The zero-order valence-corrected chi connectivity index (χ0v) is 50.4. The molecule has 0 radical (unpaired) electrons. The first-order chi connectivity index (χ1) is 35.9. The van der Waals surface area contributed by atoms with Crippen LogP contribution in [-0.2, 0) is 27.9 Å². The molecule has 0 rings (SSSR count). The van der Waals surface area contributed by atoms with Crippen molar-refractivity contribution in [3.8, 4) is 0 Å². The number of esters is 1. The summed E-state index contributed by atoms with van der Waals surface area (Å²) in [6.07, 6.45) is 66.4. The van der Waals surface area contributed by atoms with Crippen LogP contribution < -0.4 is 10.2 Å². The van der Waals surface area contributed by atoms with E-state index >= 15 is 0 Å². The molecule has 0 spiro atoms. The number of nitrogens with zero attached hydrogens (tertiary/aromatic N) is 1. The van der Waals surface area contributed by atoms with Crippen molar-refractivity contribution in [3.05, 3.63) is 48.6 Å². The molecule has 1 N–H and O–H groups in total. The monoisotopic (exact) mass is 1060 g/mol. The molecule has 10 heteroatoms. The molecule has 74 heavy (non-hydrogen) atoms. The van der Waals surface area contributed by atoms with Gasteiger partial charge in [-0.15, -0.1) is 0 Å². The summed E-state index contributed by atoms with van der Waals surface area (Å²) in [7, 11) is 1.18. The van der Waals surface area contributed by atoms with Crippen molar-refractivity contribution in [1.29, 1.82) is 0 Å². The second kappa shape index (κ2) is 54.3. The van der Waals surface area contributed by atoms with Crippen LogP contribution in [0.3, 0.4) is 0 Å². The molecule has 0 bridgehead atoms. The lowest BCUT2D eigenvalue weighted by atomic mass is 10.0. The van der Waals surface area contributed by atoms with Crippen LogP contribution >= 0.6 is 7.82 Å². The summed E-state index contributed by atoms with van der Waals surface area (Å²) in [6.45, 7) is 6.82. The van der Waals surface area contributed by atoms with Gasteiger partial charge in [0.05, 0.1) is 33.8 Å². The quantitative estimate of drug-likeness (QED) is 0.0161. The molecule has 0 aliphatic heterocycles. The lowest BCUT2D eigenvalue weighted by molar-refractivity contribution is -0.870. The summed E-state index contributed by atoms with van der Waals surface area (Å²) >= 11 is 0. The number of nitrogens with one attached hydrogen (secondary N) is 1. The number of amides is 1. The SMILES string of the molecule is CCCCC/C=C/C=C/CCCCCCCCC(=O)OC(/C=C\CCCCCCCCCCCC)C(COP(=O)([O-])OCC[N+](C)(C)C)NC(=O)CCCCCCCCCCCCC/C=C/CCCCCCCC. The van der Waals surface area contributed by atoms with Gasteiger partial charge in [-0.2, -0.15) is 0 Å². The molecule has 0 aliphatic rings. The van der Waals surface area contributed by atoms with Gasteiger partial charge in [0.1, 0.15) is 19.3 Å². The Morgan fingerprint density at radius 1 is 0.473 bits per heavy atom. The van der Waals surface area contributed by atoms with E-state index in [1.54, 1.807) is 0 Å². The van der Waals surface area contributed by atoms with Crippen molar-refractivity contribution < 1.29 is 37.3 Å². The van der Waals surface area contributed by atoms with E-state index in [-0.39, 0.29) is 24.9 Å². The van der Waals surface area contributed by atoms with Gasteiger partial charge in [-0.05, 0) is 83.1 Å². The van der Waals surface area contributed by atoms with Crippen molar-refractivity contribution >= 4 is 19.7 Å². The van der Waals surface area contributed by atoms with E-state index in [4.69, 9.17) is 13.8 Å². The molecule has 0 aromatic heterocycles. The summed E-state index contributed by atoms with van der Waals surface area (Å²) in [6, 6.07) is -0.892. The molecule has 0 aromatic rings. The number of carbonyl (C=O) groups is 2. The molecule has 0 heterocycles. The first-order valence-electron chi connectivity index (χ1n) is 31.5.